The molecule has 4 unspecified atom stereocenters. The van der Waals surface area contributed by atoms with Crippen LogP contribution in [0.1, 0.15) is 30.9 Å². The van der Waals surface area contributed by atoms with Gasteiger partial charge in [0.15, 0.2) is 11.6 Å². The van der Waals surface area contributed by atoms with E-state index in [1.165, 1.54) is 0 Å². The number of halogens is 2. The first-order valence-corrected chi connectivity index (χ1v) is 13.3. The quantitative estimate of drug-likeness (QED) is 0.317. The molecule has 2 aromatic carbocycles. The molecule has 188 valence electrons. The number of fused-ring (bicyclic) bond motifs is 3. The van der Waals surface area contributed by atoms with E-state index in [4.69, 9.17) is 32.9 Å². The average molecular weight is 532 g/mol. The van der Waals surface area contributed by atoms with Crippen molar-refractivity contribution in [2.24, 2.45) is 17.8 Å². The minimum atomic E-state index is -0.269. The van der Waals surface area contributed by atoms with Crippen LogP contribution in [0.3, 0.4) is 0 Å². The summed E-state index contributed by atoms with van der Waals surface area (Å²) >= 11 is 13.0. The van der Waals surface area contributed by atoms with E-state index in [-0.39, 0.29) is 11.5 Å². The number of hydrogen-bond acceptors (Lipinski definition) is 5. The minimum Gasteiger partial charge on any atom is -0.494 e. The number of anilines is 1. The molecule has 4 aliphatic rings. The van der Waals surface area contributed by atoms with E-state index in [1.54, 1.807) is 19.6 Å². The van der Waals surface area contributed by atoms with E-state index in [9.17, 15) is 0 Å². The maximum atomic E-state index is 6.51. The molecular formula is C29H27Cl2N5O. The van der Waals surface area contributed by atoms with Crippen LogP contribution in [0, 0.1) is 29.6 Å². The lowest BCUT2D eigenvalue weighted by Crippen LogP contribution is -2.47. The monoisotopic (exact) mass is 531 g/mol. The Morgan fingerprint density at radius 2 is 1.92 bits per heavy atom. The third-order valence-corrected chi connectivity index (χ3v) is 8.49. The molecule has 6 rings (SSSR count). The fourth-order valence-corrected chi connectivity index (χ4v) is 6.99. The number of ether oxygens (including phenoxy) is 1. The van der Waals surface area contributed by atoms with Gasteiger partial charge in [-0.15, -0.1) is 0 Å². The van der Waals surface area contributed by atoms with Crippen molar-refractivity contribution in [3.63, 3.8) is 0 Å². The van der Waals surface area contributed by atoms with Gasteiger partial charge in [-0.2, -0.15) is 0 Å². The van der Waals surface area contributed by atoms with Gasteiger partial charge in [0.25, 0.3) is 0 Å². The number of benzene rings is 2. The van der Waals surface area contributed by atoms with Crippen LogP contribution in [-0.2, 0) is 13.0 Å². The van der Waals surface area contributed by atoms with Gasteiger partial charge in [-0.3, -0.25) is 4.57 Å². The van der Waals surface area contributed by atoms with Crippen molar-refractivity contribution < 1.29 is 4.74 Å². The van der Waals surface area contributed by atoms with Crippen LogP contribution in [0.25, 0.3) is 11.5 Å². The van der Waals surface area contributed by atoms with Gasteiger partial charge in [-0.05, 0) is 54.5 Å². The van der Waals surface area contributed by atoms with E-state index in [0.29, 0.717) is 27.6 Å². The lowest BCUT2D eigenvalue weighted by Gasteiger charge is -2.35. The molecule has 0 radical (unpaired) electrons. The Morgan fingerprint density at radius 1 is 1.14 bits per heavy atom. The summed E-state index contributed by atoms with van der Waals surface area (Å²) < 4.78 is 7.54. The van der Waals surface area contributed by atoms with Crippen LogP contribution in [0.2, 0.25) is 10.0 Å². The number of hydrogen-bond donors (Lipinski definition) is 1. The Kier molecular flexibility index (Phi) is 6.22. The van der Waals surface area contributed by atoms with Gasteiger partial charge in [0, 0.05) is 11.5 Å². The molecule has 37 heavy (non-hydrogen) atoms. The van der Waals surface area contributed by atoms with Gasteiger partial charge in [-0.25, -0.2) is 15.0 Å². The lowest BCUT2D eigenvalue weighted by atomic mass is 9.77. The number of rotatable bonds is 4. The molecule has 8 heteroatoms. The van der Waals surface area contributed by atoms with Crippen LogP contribution in [-0.4, -0.2) is 32.2 Å². The van der Waals surface area contributed by atoms with Gasteiger partial charge in [0.05, 0.1) is 35.4 Å². The first-order valence-electron chi connectivity index (χ1n) is 12.5. The van der Waals surface area contributed by atoms with E-state index in [1.807, 2.05) is 30.3 Å². The highest BCUT2D eigenvalue weighted by Crippen LogP contribution is 2.53. The number of aromatic nitrogens is 4. The van der Waals surface area contributed by atoms with Crippen molar-refractivity contribution >= 4 is 29.2 Å². The summed E-state index contributed by atoms with van der Waals surface area (Å²) in [5.74, 6) is 10.2. The van der Waals surface area contributed by atoms with E-state index >= 15 is 0 Å². The molecule has 0 aromatic heterocycles. The Balaban J connectivity index is 1.41. The zero-order chi connectivity index (χ0) is 25.6. The Labute approximate surface area is 226 Å². The largest absolute Gasteiger partial charge is 0.494 e. The summed E-state index contributed by atoms with van der Waals surface area (Å²) in [5.41, 5.74) is 2.64. The predicted octanol–water partition coefficient (Wildman–Crippen LogP) is 6.21. The van der Waals surface area contributed by atoms with Gasteiger partial charge >= 0.3 is 0 Å². The summed E-state index contributed by atoms with van der Waals surface area (Å²) in [6.07, 6.45) is 6.27. The fraction of sp³-hybridized carbons (Fsp3) is 0.345. The highest BCUT2D eigenvalue weighted by molar-refractivity contribution is 6.37. The zero-order valence-corrected chi connectivity index (χ0v) is 22.2. The minimum absolute atomic E-state index is 0.0666. The van der Waals surface area contributed by atoms with Crippen LogP contribution in [0.15, 0.2) is 55.0 Å². The molecule has 0 saturated heterocycles. The van der Waals surface area contributed by atoms with Crippen LogP contribution in [0.4, 0.5) is 5.95 Å². The molecule has 2 aromatic rings. The van der Waals surface area contributed by atoms with Gasteiger partial charge in [0.2, 0.25) is 5.95 Å². The van der Waals surface area contributed by atoms with Crippen molar-refractivity contribution in [2.75, 3.05) is 12.4 Å². The average Bonchev–Trinajstić information content (AvgIpc) is 3.59. The Bertz CT molecular complexity index is 1450. The van der Waals surface area contributed by atoms with E-state index in [0.717, 1.165) is 54.4 Å². The second-order valence-electron chi connectivity index (χ2n) is 9.93. The smallest absolute Gasteiger partial charge is 0.205 e. The third-order valence-electron chi connectivity index (χ3n) is 7.93. The summed E-state index contributed by atoms with van der Waals surface area (Å²) in [6.45, 7) is 3.01. The van der Waals surface area contributed by atoms with E-state index in [2.05, 4.69) is 50.7 Å². The van der Waals surface area contributed by atoms with E-state index < -0.39 is 0 Å². The highest BCUT2D eigenvalue weighted by atomic mass is 35.5. The molecule has 1 aliphatic carbocycles. The SMILES string of the molecule is CCC1CC(Cc2cc(Cl)c(OC)c(Cl)c2)C(C#Cc2ccccc2)C12Cn1c(ncc3ncnc1-3)N2. The second-order valence-corrected chi connectivity index (χ2v) is 10.7. The lowest BCUT2D eigenvalue weighted by molar-refractivity contribution is 0.283. The summed E-state index contributed by atoms with van der Waals surface area (Å²) in [7, 11) is 1.58. The number of imidazole rings is 1. The zero-order valence-electron chi connectivity index (χ0n) is 20.7. The molecular weight excluding hydrogens is 505 g/mol. The first kappa shape index (κ1) is 24.1. The van der Waals surface area contributed by atoms with Gasteiger partial charge in [-0.1, -0.05) is 66.6 Å². The van der Waals surface area contributed by atoms with Crippen molar-refractivity contribution in [1.29, 1.82) is 0 Å². The molecule has 3 aliphatic heterocycles. The topological polar surface area (TPSA) is 64.9 Å². The Hall–Kier alpha value is -3.27. The summed E-state index contributed by atoms with van der Waals surface area (Å²) in [4.78, 5) is 13.6. The molecule has 4 atom stereocenters. The molecule has 1 saturated carbocycles. The number of nitrogens with one attached hydrogen (secondary N) is 1. The van der Waals surface area contributed by atoms with Crippen LogP contribution < -0.4 is 10.1 Å². The maximum Gasteiger partial charge on any atom is 0.205 e. The van der Waals surface area contributed by atoms with Crippen LogP contribution >= 0.6 is 23.2 Å². The molecule has 1 N–H and O–H groups in total. The van der Waals surface area contributed by atoms with Gasteiger partial charge < -0.3 is 10.1 Å². The molecule has 0 bridgehead atoms. The second kappa shape index (κ2) is 9.55. The normalized spacial score (nSPS) is 24.1. The third kappa shape index (κ3) is 4.11. The van der Waals surface area contributed by atoms with Crippen molar-refractivity contribution in [2.45, 2.75) is 38.3 Å². The summed E-state index contributed by atoms with van der Waals surface area (Å²) in [5, 5.41) is 4.90. The fourth-order valence-electron chi connectivity index (χ4n) is 6.30. The summed E-state index contributed by atoms with van der Waals surface area (Å²) in [6, 6.07) is 14.1. The molecule has 3 heterocycles. The van der Waals surface area contributed by atoms with Crippen molar-refractivity contribution in [3.05, 3.63) is 76.2 Å². The number of nitrogens with zero attached hydrogens (tertiary/aromatic N) is 4. The first-order chi connectivity index (χ1) is 18.0. The highest BCUT2D eigenvalue weighted by Gasteiger charge is 2.57. The molecule has 1 fully saturated rings. The standard InChI is InChI=1S/C29H27Cl2N5O/c1-3-21-14-20(11-19-12-23(30)26(37-2)24(31)13-19)22(10-9-18-7-5-4-6-8-18)29(21)16-36-27-25(33-17-34-27)15-32-28(36)35-29/h4-8,12-13,15,17,20-22H,3,11,14,16H2,1-2H3,(H,32,35). The molecule has 0 amide bonds. The van der Waals surface area contributed by atoms with Crippen molar-refractivity contribution in [1.82, 2.24) is 19.5 Å². The number of methoxy groups -OCH3 is 1. The Morgan fingerprint density at radius 3 is 2.65 bits per heavy atom. The predicted molar refractivity (Wildman–Crippen MR) is 146 cm³/mol. The van der Waals surface area contributed by atoms with Crippen molar-refractivity contribution in [3.8, 4) is 29.1 Å². The maximum absolute atomic E-state index is 6.51. The molecule has 1 spiro atoms. The molecule has 6 nitrogen and oxygen atoms in total. The van der Waals surface area contributed by atoms with Gasteiger partial charge in [0.1, 0.15) is 12.0 Å². The van der Waals surface area contributed by atoms with Crippen LogP contribution in [0.5, 0.6) is 5.75 Å².